The van der Waals surface area contributed by atoms with Crippen molar-refractivity contribution in [3.05, 3.63) is 0 Å². The second-order valence-electron chi connectivity index (χ2n) is 3.37. The molecule has 1 unspecified atom stereocenters. The molecule has 1 heterocycles. The van der Waals surface area contributed by atoms with E-state index in [-0.39, 0.29) is 12.1 Å². The lowest BCUT2D eigenvalue weighted by Gasteiger charge is -2.32. The third-order valence-corrected chi connectivity index (χ3v) is 2.41. The van der Waals surface area contributed by atoms with Crippen LogP contribution in [0.15, 0.2) is 0 Å². The van der Waals surface area contributed by atoms with Crippen LogP contribution in [0.3, 0.4) is 0 Å². The first-order valence-corrected chi connectivity index (χ1v) is 4.58. The van der Waals surface area contributed by atoms with Crippen molar-refractivity contribution in [2.24, 2.45) is 0 Å². The Balaban J connectivity index is 2.38. The van der Waals surface area contributed by atoms with E-state index in [1.54, 1.807) is 7.11 Å². The molecular weight excluding hydrogens is 168 g/mol. The van der Waals surface area contributed by atoms with Crippen molar-refractivity contribution in [1.82, 2.24) is 4.90 Å². The van der Waals surface area contributed by atoms with Crippen LogP contribution in [0.1, 0.15) is 12.8 Å². The van der Waals surface area contributed by atoms with E-state index in [4.69, 9.17) is 10.00 Å². The summed E-state index contributed by atoms with van der Waals surface area (Å²) < 4.78 is 4.95. The van der Waals surface area contributed by atoms with E-state index in [1.165, 1.54) is 0 Å². The topological polar surface area (TPSA) is 56.5 Å². The highest BCUT2D eigenvalue weighted by atomic mass is 16.5. The van der Waals surface area contributed by atoms with Gasteiger partial charge in [0.15, 0.2) is 0 Å². The van der Waals surface area contributed by atoms with Crippen molar-refractivity contribution in [3.8, 4) is 6.07 Å². The molecule has 0 radical (unpaired) electrons. The number of methoxy groups -OCH3 is 1. The molecule has 1 fully saturated rings. The fourth-order valence-corrected chi connectivity index (χ4v) is 1.58. The van der Waals surface area contributed by atoms with Crippen LogP contribution in [-0.2, 0) is 4.74 Å². The van der Waals surface area contributed by atoms with Crippen molar-refractivity contribution in [2.45, 2.75) is 25.0 Å². The minimum absolute atomic E-state index is 0.155. The Kier molecular flexibility index (Phi) is 4.16. The van der Waals surface area contributed by atoms with E-state index in [2.05, 4.69) is 11.0 Å². The summed E-state index contributed by atoms with van der Waals surface area (Å²) in [6.45, 7) is 2.04. The second-order valence-corrected chi connectivity index (χ2v) is 3.37. The van der Waals surface area contributed by atoms with E-state index in [1.807, 2.05) is 0 Å². The highest BCUT2D eigenvalue weighted by Gasteiger charge is 2.23. The Morgan fingerprint density at radius 1 is 1.62 bits per heavy atom. The Labute approximate surface area is 78.7 Å². The van der Waals surface area contributed by atoms with E-state index < -0.39 is 0 Å². The fraction of sp³-hybridized carbons (Fsp3) is 0.889. The number of aliphatic hydroxyl groups excluding tert-OH is 1. The quantitative estimate of drug-likeness (QED) is 0.670. The SMILES string of the molecule is COCC(C#N)N1CCC(O)CC1. The van der Waals surface area contributed by atoms with Crippen molar-refractivity contribution in [1.29, 1.82) is 5.26 Å². The third-order valence-electron chi connectivity index (χ3n) is 2.41. The highest BCUT2D eigenvalue weighted by Crippen LogP contribution is 2.12. The zero-order valence-corrected chi connectivity index (χ0v) is 7.94. The molecule has 0 aliphatic carbocycles. The maximum Gasteiger partial charge on any atom is 0.121 e. The number of nitriles is 1. The lowest BCUT2D eigenvalue weighted by Crippen LogP contribution is -2.44. The number of ether oxygens (including phenoxy) is 1. The Bertz CT molecular complexity index is 183. The summed E-state index contributed by atoms with van der Waals surface area (Å²) in [7, 11) is 1.60. The van der Waals surface area contributed by atoms with Crippen LogP contribution in [0.25, 0.3) is 0 Å². The summed E-state index contributed by atoms with van der Waals surface area (Å²) in [5, 5.41) is 18.1. The van der Waals surface area contributed by atoms with Crippen molar-refractivity contribution >= 4 is 0 Å². The third kappa shape index (κ3) is 2.96. The molecule has 1 rings (SSSR count). The molecule has 0 bridgehead atoms. The normalized spacial score (nSPS) is 22.5. The maximum atomic E-state index is 9.27. The molecule has 1 N–H and O–H groups in total. The lowest BCUT2D eigenvalue weighted by molar-refractivity contribution is 0.0487. The smallest absolute Gasteiger partial charge is 0.121 e. The van der Waals surface area contributed by atoms with Crippen molar-refractivity contribution in [3.63, 3.8) is 0 Å². The summed E-state index contributed by atoms with van der Waals surface area (Å²) in [5.74, 6) is 0. The first-order chi connectivity index (χ1) is 6.27. The van der Waals surface area contributed by atoms with Gasteiger partial charge in [-0.05, 0) is 12.8 Å². The Morgan fingerprint density at radius 3 is 2.69 bits per heavy atom. The zero-order chi connectivity index (χ0) is 9.68. The maximum absolute atomic E-state index is 9.27. The molecule has 0 aromatic heterocycles. The zero-order valence-electron chi connectivity index (χ0n) is 7.94. The molecule has 74 valence electrons. The first kappa shape index (κ1) is 10.5. The molecule has 1 saturated heterocycles. The average Bonchev–Trinajstić information content (AvgIpc) is 2.16. The van der Waals surface area contributed by atoms with Gasteiger partial charge < -0.3 is 9.84 Å². The number of nitrogens with zero attached hydrogens (tertiary/aromatic N) is 2. The predicted molar refractivity (Wildman–Crippen MR) is 48.1 cm³/mol. The number of piperidine rings is 1. The highest BCUT2D eigenvalue weighted by molar-refractivity contribution is 4.93. The van der Waals surface area contributed by atoms with Gasteiger partial charge in [0.2, 0.25) is 0 Å². The largest absolute Gasteiger partial charge is 0.393 e. The van der Waals surface area contributed by atoms with Gasteiger partial charge >= 0.3 is 0 Å². The van der Waals surface area contributed by atoms with Crippen LogP contribution in [0.5, 0.6) is 0 Å². The van der Waals surface area contributed by atoms with Gasteiger partial charge in [0, 0.05) is 20.2 Å². The molecule has 13 heavy (non-hydrogen) atoms. The number of hydrogen-bond donors (Lipinski definition) is 1. The van der Waals surface area contributed by atoms with Crippen LogP contribution < -0.4 is 0 Å². The molecule has 4 heteroatoms. The number of likely N-dealkylation sites (tertiary alicyclic amines) is 1. The van der Waals surface area contributed by atoms with Gasteiger partial charge in [-0.1, -0.05) is 0 Å². The van der Waals surface area contributed by atoms with E-state index in [0.717, 1.165) is 25.9 Å². The molecule has 0 saturated carbocycles. The minimum Gasteiger partial charge on any atom is -0.393 e. The van der Waals surface area contributed by atoms with Crippen LogP contribution in [0.4, 0.5) is 0 Å². The molecular formula is C9H16N2O2. The number of aliphatic hydroxyl groups is 1. The van der Waals surface area contributed by atoms with Crippen LogP contribution >= 0.6 is 0 Å². The van der Waals surface area contributed by atoms with Gasteiger partial charge in [-0.25, -0.2) is 0 Å². The Morgan fingerprint density at radius 2 is 2.23 bits per heavy atom. The standard InChI is InChI=1S/C9H16N2O2/c1-13-7-8(6-10)11-4-2-9(12)3-5-11/h8-9,12H,2-5,7H2,1H3. The van der Waals surface area contributed by atoms with Gasteiger partial charge in [0.05, 0.1) is 18.8 Å². The Hall–Kier alpha value is -0.630. The molecule has 4 nitrogen and oxygen atoms in total. The summed E-state index contributed by atoms with van der Waals surface area (Å²) >= 11 is 0. The first-order valence-electron chi connectivity index (χ1n) is 4.58. The summed E-state index contributed by atoms with van der Waals surface area (Å²) in [4.78, 5) is 2.07. The van der Waals surface area contributed by atoms with Crippen molar-refractivity contribution in [2.75, 3.05) is 26.8 Å². The van der Waals surface area contributed by atoms with Gasteiger partial charge in [-0.15, -0.1) is 0 Å². The van der Waals surface area contributed by atoms with Crippen LogP contribution in [0, 0.1) is 11.3 Å². The molecule has 1 aliphatic rings. The van der Waals surface area contributed by atoms with Gasteiger partial charge in [0.25, 0.3) is 0 Å². The number of hydrogen-bond acceptors (Lipinski definition) is 4. The lowest BCUT2D eigenvalue weighted by atomic mass is 10.1. The molecule has 1 atom stereocenters. The fourth-order valence-electron chi connectivity index (χ4n) is 1.58. The van der Waals surface area contributed by atoms with E-state index >= 15 is 0 Å². The predicted octanol–water partition coefficient (Wildman–Crippen LogP) is -0.0183. The van der Waals surface area contributed by atoms with Gasteiger partial charge in [0.1, 0.15) is 6.04 Å². The molecule has 0 aromatic carbocycles. The second kappa shape index (κ2) is 5.18. The minimum atomic E-state index is -0.182. The van der Waals surface area contributed by atoms with E-state index in [0.29, 0.717) is 6.61 Å². The molecule has 0 amide bonds. The van der Waals surface area contributed by atoms with Crippen LogP contribution in [0.2, 0.25) is 0 Å². The summed E-state index contributed by atoms with van der Waals surface area (Å²) in [6, 6.07) is 2.05. The summed E-state index contributed by atoms with van der Waals surface area (Å²) in [6.07, 6.45) is 1.35. The van der Waals surface area contributed by atoms with Gasteiger partial charge in [-0.2, -0.15) is 5.26 Å². The molecule has 0 aromatic rings. The summed E-state index contributed by atoms with van der Waals surface area (Å²) in [5.41, 5.74) is 0. The van der Waals surface area contributed by atoms with Crippen LogP contribution in [-0.4, -0.2) is 49.0 Å². The van der Waals surface area contributed by atoms with Crippen molar-refractivity contribution < 1.29 is 9.84 Å². The van der Waals surface area contributed by atoms with E-state index in [9.17, 15) is 5.11 Å². The average molecular weight is 184 g/mol. The monoisotopic (exact) mass is 184 g/mol. The molecule has 1 aliphatic heterocycles. The van der Waals surface area contributed by atoms with Gasteiger partial charge in [-0.3, -0.25) is 4.90 Å². The number of rotatable bonds is 3. The molecule has 0 spiro atoms.